The SMILES string of the molecule is O=c1[nH]cc(-c2ccccn2)c(-c2ccccn2)c1Br. The molecule has 3 aromatic heterocycles. The van der Waals surface area contributed by atoms with E-state index < -0.39 is 0 Å². The van der Waals surface area contributed by atoms with E-state index in [4.69, 9.17) is 0 Å². The number of hydrogen-bond acceptors (Lipinski definition) is 3. The van der Waals surface area contributed by atoms with E-state index in [9.17, 15) is 4.79 Å². The summed E-state index contributed by atoms with van der Waals surface area (Å²) in [6, 6.07) is 11.2. The first kappa shape index (κ1) is 12.7. The molecule has 0 aliphatic rings. The summed E-state index contributed by atoms with van der Waals surface area (Å²) in [7, 11) is 0. The Morgan fingerprint density at radius 2 is 1.60 bits per heavy atom. The van der Waals surface area contributed by atoms with Gasteiger partial charge in [0.25, 0.3) is 5.56 Å². The lowest BCUT2D eigenvalue weighted by molar-refractivity contribution is 1.19. The molecular weight excluding hydrogens is 318 g/mol. The Hall–Kier alpha value is -2.27. The Labute approximate surface area is 123 Å². The topological polar surface area (TPSA) is 58.6 Å². The van der Waals surface area contributed by atoms with Crippen molar-refractivity contribution in [2.45, 2.75) is 0 Å². The second-order valence-corrected chi connectivity index (χ2v) is 4.94. The number of nitrogens with one attached hydrogen (secondary N) is 1. The van der Waals surface area contributed by atoms with E-state index in [1.807, 2.05) is 36.4 Å². The molecule has 98 valence electrons. The lowest BCUT2D eigenvalue weighted by Crippen LogP contribution is -2.09. The van der Waals surface area contributed by atoms with Gasteiger partial charge in [0, 0.05) is 29.7 Å². The molecule has 0 bridgehead atoms. The summed E-state index contributed by atoms with van der Waals surface area (Å²) < 4.78 is 0.458. The molecule has 0 fully saturated rings. The van der Waals surface area contributed by atoms with Crippen LogP contribution in [0.15, 0.2) is 64.3 Å². The van der Waals surface area contributed by atoms with Crippen LogP contribution in [0.25, 0.3) is 22.5 Å². The van der Waals surface area contributed by atoms with Crippen molar-refractivity contribution < 1.29 is 0 Å². The molecule has 3 rings (SSSR count). The first-order valence-electron chi connectivity index (χ1n) is 6.01. The summed E-state index contributed by atoms with van der Waals surface area (Å²) in [6.07, 6.45) is 5.08. The van der Waals surface area contributed by atoms with Gasteiger partial charge in [0.15, 0.2) is 0 Å². The van der Waals surface area contributed by atoms with Crippen LogP contribution in [0.1, 0.15) is 0 Å². The van der Waals surface area contributed by atoms with Gasteiger partial charge in [-0.1, -0.05) is 12.1 Å². The Bertz CT molecular complexity index is 785. The molecule has 4 nitrogen and oxygen atoms in total. The molecule has 0 atom stereocenters. The lowest BCUT2D eigenvalue weighted by Gasteiger charge is -2.10. The summed E-state index contributed by atoms with van der Waals surface area (Å²) in [5, 5.41) is 0. The Kier molecular flexibility index (Phi) is 3.43. The molecule has 0 aliphatic carbocycles. The van der Waals surface area contributed by atoms with Crippen molar-refractivity contribution in [3.05, 3.63) is 69.8 Å². The van der Waals surface area contributed by atoms with Gasteiger partial charge >= 0.3 is 0 Å². The van der Waals surface area contributed by atoms with Crippen LogP contribution in [0, 0.1) is 0 Å². The van der Waals surface area contributed by atoms with Gasteiger partial charge in [-0.25, -0.2) is 0 Å². The number of hydrogen-bond donors (Lipinski definition) is 1. The summed E-state index contributed by atoms with van der Waals surface area (Å²) in [5.74, 6) is 0. The maximum atomic E-state index is 11.8. The zero-order valence-corrected chi connectivity index (χ0v) is 12.0. The Balaban J connectivity index is 2.32. The number of rotatable bonds is 2. The number of nitrogens with zero attached hydrogens (tertiary/aromatic N) is 2. The average Bonchev–Trinajstić information content (AvgIpc) is 2.51. The molecule has 0 aromatic carbocycles. The third-order valence-electron chi connectivity index (χ3n) is 2.90. The van der Waals surface area contributed by atoms with Gasteiger partial charge in [-0.2, -0.15) is 0 Å². The molecule has 3 heterocycles. The largest absolute Gasteiger partial charge is 0.327 e. The summed E-state index contributed by atoms with van der Waals surface area (Å²) >= 11 is 3.35. The highest BCUT2D eigenvalue weighted by Gasteiger charge is 2.15. The van der Waals surface area contributed by atoms with E-state index in [2.05, 4.69) is 30.9 Å². The van der Waals surface area contributed by atoms with Crippen LogP contribution in [0.4, 0.5) is 0 Å². The molecule has 0 spiro atoms. The van der Waals surface area contributed by atoms with Gasteiger partial charge < -0.3 is 4.98 Å². The highest BCUT2D eigenvalue weighted by molar-refractivity contribution is 9.10. The minimum absolute atomic E-state index is 0.190. The van der Waals surface area contributed by atoms with E-state index in [0.29, 0.717) is 4.47 Å². The standard InChI is InChI=1S/C15H10BrN3O/c16-14-13(12-6-2-4-8-18-12)10(9-19-15(14)20)11-5-1-3-7-17-11/h1-9H,(H,19,20). The monoisotopic (exact) mass is 327 g/mol. The minimum Gasteiger partial charge on any atom is -0.327 e. The molecule has 5 heteroatoms. The molecule has 20 heavy (non-hydrogen) atoms. The molecule has 0 saturated heterocycles. The average molecular weight is 328 g/mol. The number of aromatic nitrogens is 3. The smallest absolute Gasteiger partial charge is 0.262 e. The predicted molar refractivity (Wildman–Crippen MR) is 81.2 cm³/mol. The third kappa shape index (κ3) is 2.28. The molecular formula is C15H10BrN3O. The molecule has 3 aromatic rings. The molecule has 0 unspecified atom stereocenters. The van der Waals surface area contributed by atoms with Crippen LogP contribution < -0.4 is 5.56 Å². The van der Waals surface area contributed by atoms with E-state index in [1.54, 1.807) is 18.6 Å². The van der Waals surface area contributed by atoms with Crippen LogP contribution >= 0.6 is 15.9 Å². The fourth-order valence-electron chi connectivity index (χ4n) is 1.99. The highest BCUT2D eigenvalue weighted by atomic mass is 79.9. The summed E-state index contributed by atoms with van der Waals surface area (Å²) in [6.45, 7) is 0. The van der Waals surface area contributed by atoms with Crippen molar-refractivity contribution in [2.24, 2.45) is 0 Å². The molecule has 0 amide bonds. The highest BCUT2D eigenvalue weighted by Crippen LogP contribution is 2.33. The van der Waals surface area contributed by atoms with E-state index in [0.717, 1.165) is 22.5 Å². The van der Waals surface area contributed by atoms with Crippen molar-refractivity contribution in [3.8, 4) is 22.5 Å². The van der Waals surface area contributed by atoms with Crippen molar-refractivity contribution in [1.29, 1.82) is 0 Å². The van der Waals surface area contributed by atoms with Gasteiger partial charge in [-0.3, -0.25) is 14.8 Å². The number of halogens is 1. The zero-order valence-electron chi connectivity index (χ0n) is 10.4. The first-order valence-corrected chi connectivity index (χ1v) is 6.80. The second-order valence-electron chi connectivity index (χ2n) is 4.15. The number of H-pyrrole nitrogens is 1. The van der Waals surface area contributed by atoms with Crippen molar-refractivity contribution >= 4 is 15.9 Å². The van der Waals surface area contributed by atoms with Crippen LogP contribution in [0.2, 0.25) is 0 Å². The quantitative estimate of drug-likeness (QED) is 0.785. The van der Waals surface area contributed by atoms with Gasteiger partial charge in [0.2, 0.25) is 0 Å². The predicted octanol–water partition coefficient (Wildman–Crippen LogP) is 3.26. The third-order valence-corrected chi connectivity index (χ3v) is 3.65. The van der Waals surface area contributed by atoms with Gasteiger partial charge in [0.05, 0.1) is 15.9 Å². The van der Waals surface area contributed by atoms with Crippen molar-refractivity contribution in [3.63, 3.8) is 0 Å². The summed E-state index contributed by atoms with van der Waals surface area (Å²) in [4.78, 5) is 23.2. The van der Waals surface area contributed by atoms with Crippen LogP contribution in [-0.2, 0) is 0 Å². The molecule has 1 N–H and O–H groups in total. The van der Waals surface area contributed by atoms with E-state index in [-0.39, 0.29) is 5.56 Å². The molecule has 0 radical (unpaired) electrons. The molecule has 0 saturated carbocycles. The summed E-state index contributed by atoms with van der Waals surface area (Å²) in [5.41, 5.74) is 2.89. The molecule has 0 aliphatic heterocycles. The van der Waals surface area contributed by atoms with Crippen molar-refractivity contribution in [1.82, 2.24) is 15.0 Å². The maximum Gasteiger partial charge on any atom is 0.262 e. The fraction of sp³-hybridized carbons (Fsp3) is 0. The van der Waals surface area contributed by atoms with Crippen LogP contribution in [0.3, 0.4) is 0 Å². The first-order chi connectivity index (χ1) is 9.77. The number of pyridine rings is 3. The van der Waals surface area contributed by atoms with Gasteiger partial charge in [-0.15, -0.1) is 0 Å². The van der Waals surface area contributed by atoms with E-state index >= 15 is 0 Å². The Morgan fingerprint density at radius 3 is 2.20 bits per heavy atom. The van der Waals surface area contributed by atoms with Crippen molar-refractivity contribution in [2.75, 3.05) is 0 Å². The lowest BCUT2D eigenvalue weighted by atomic mass is 10.0. The van der Waals surface area contributed by atoms with Crippen LogP contribution in [-0.4, -0.2) is 15.0 Å². The zero-order chi connectivity index (χ0) is 13.9. The van der Waals surface area contributed by atoms with Gasteiger partial charge in [-0.05, 0) is 40.2 Å². The van der Waals surface area contributed by atoms with Crippen LogP contribution in [0.5, 0.6) is 0 Å². The normalized spacial score (nSPS) is 10.4. The Morgan fingerprint density at radius 1 is 0.950 bits per heavy atom. The fourth-order valence-corrected chi connectivity index (χ4v) is 2.52. The number of aromatic amines is 1. The minimum atomic E-state index is -0.190. The van der Waals surface area contributed by atoms with Gasteiger partial charge in [0.1, 0.15) is 0 Å². The second kappa shape index (κ2) is 5.38. The van der Waals surface area contributed by atoms with E-state index in [1.165, 1.54) is 0 Å². The maximum absolute atomic E-state index is 11.8.